The highest BCUT2D eigenvalue weighted by atomic mass is 16.3. The highest BCUT2D eigenvalue weighted by molar-refractivity contribution is 5.20. The lowest BCUT2D eigenvalue weighted by Crippen LogP contribution is -2.18. The molecule has 1 unspecified atom stereocenters. The van der Waals surface area contributed by atoms with Crippen LogP contribution in [0.15, 0.2) is 23.1 Å². The molecule has 0 saturated carbocycles. The van der Waals surface area contributed by atoms with E-state index in [2.05, 4.69) is 23.9 Å². The monoisotopic (exact) mass is 248 g/mol. The molecule has 5 heteroatoms. The van der Waals surface area contributed by atoms with Crippen molar-refractivity contribution in [2.45, 2.75) is 39.8 Å². The van der Waals surface area contributed by atoms with Crippen LogP contribution in [0.3, 0.4) is 0 Å². The maximum Gasteiger partial charge on any atom is 0.138 e. The molecule has 18 heavy (non-hydrogen) atoms. The quantitative estimate of drug-likeness (QED) is 0.879. The summed E-state index contributed by atoms with van der Waals surface area (Å²) in [7, 11) is 0. The first-order valence-corrected chi connectivity index (χ1v) is 6.24. The van der Waals surface area contributed by atoms with E-state index in [4.69, 9.17) is 10.2 Å². The minimum atomic E-state index is -0.0983. The van der Waals surface area contributed by atoms with Crippen molar-refractivity contribution in [3.8, 4) is 0 Å². The topological polar surface area (TPSA) is 69.9 Å². The van der Waals surface area contributed by atoms with Crippen molar-refractivity contribution < 1.29 is 4.42 Å². The second-order valence-electron chi connectivity index (χ2n) is 4.99. The first-order valence-electron chi connectivity index (χ1n) is 6.24. The van der Waals surface area contributed by atoms with Gasteiger partial charge in [-0.05, 0) is 18.9 Å². The molecule has 5 nitrogen and oxygen atoms in total. The Morgan fingerprint density at radius 1 is 1.44 bits per heavy atom. The lowest BCUT2D eigenvalue weighted by molar-refractivity contribution is 0.458. The van der Waals surface area contributed by atoms with Gasteiger partial charge in [0.1, 0.15) is 17.9 Å². The summed E-state index contributed by atoms with van der Waals surface area (Å²) in [6.07, 6.45) is 3.93. The molecular weight excluding hydrogens is 228 g/mol. The summed E-state index contributed by atoms with van der Waals surface area (Å²) in [5.41, 5.74) is 7.23. The maximum absolute atomic E-state index is 6.19. The minimum absolute atomic E-state index is 0.0983. The molecule has 1 atom stereocenters. The number of nitrogens with zero attached hydrogens (tertiary/aromatic N) is 3. The fourth-order valence-corrected chi connectivity index (χ4v) is 2.03. The standard InChI is InChI=1S/C13H20N4O/c1-9(2)7-17-13(15-8-16-17)6-12(14)11-4-5-18-10(11)3/h4-5,8-9,12H,6-7,14H2,1-3H3. The number of hydrogen-bond acceptors (Lipinski definition) is 4. The SMILES string of the molecule is Cc1occc1C(N)Cc1ncnn1CC(C)C. The van der Waals surface area contributed by atoms with Gasteiger partial charge in [0, 0.05) is 24.6 Å². The number of aromatic nitrogens is 3. The van der Waals surface area contributed by atoms with Crippen LogP contribution in [0.2, 0.25) is 0 Å². The van der Waals surface area contributed by atoms with E-state index in [1.54, 1.807) is 12.6 Å². The fourth-order valence-electron chi connectivity index (χ4n) is 2.03. The molecule has 0 aliphatic carbocycles. The third kappa shape index (κ3) is 2.79. The largest absolute Gasteiger partial charge is 0.469 e. The van der Waals surface area contributed by atoms with E-state index in [0.717, 1.165) is 23.7 Å². The zero-order chi connectivity index (χ0) is 13.1. The highest BCUT2D eigenvalue weighted by Gasteiger charge is 2.15. The van der Waals surface area contributed by atoms with Crippen molar-refractivity contribution in [2.24, 2.45) is 11.7 Å². The molecule has 2 aromatic heterocycles. The molecule has 0 aliphatic rings. The molecule has 2 aromatic rings. The van der Waals surface area contributed by atoms with Gasteiger partial charge < -0.3 is 10.2 Å². The first kappa shape index (κ1) is 12.8. The van der Waals surface area contributed by atoms with Crippen LogP contribution in [0.25, 0.3) is 0 Å². The lowest BCUT2D eigenvalue weighted by atomic mass is 10.1. The van der Waals surface area contributed by atoms with Gasteiger partial charge in [0.05, 0.1) is 6.26 Å². The van der Waals surface area contributed by atoms with Gasteiger partial charge >= 0.3 is 0 Å². The summed E-state index contributed by atoms with van der Waals surface area (Å²) in [4.78, 5) is 4.29. The summed E-state index contributed by atoms with van der Waals surface area (Å²) < 4.78 is 7.21. The molecule has 0 aromatic carbocycles. The van der Waals surface area contributed by atoms with E-state index < -0.39 is 0 Å². The van der Waals surface area contributed by atoms with Crippen LogP contribution in [-0.2, 0) is 13.0 Å². The van der Waals surface area contributed by atoms with Gasteiger partial charge in [-0.1, -0.05) is 13.8 Å². The molecular formula is C13H20N4O. The summed E-state index contributed by atoms with van der Waals surface area (Å²) in [5, 5.41) is 4.24. The summed E-state index contributed by atoms with van der Waals surface area (Å²) >= 11 is 0. The van der Waals surface area contributed by atoms with Crippen molar-refractivity contribution >= 4 is 0 Å². The molecule has 0 saturated heterocycles. The molecule has 2 heterocycles. The van der Waals surface area contributed by atoms with E-state index in [-0.39, 0.29) is 6.04 Å². The second kappa shape index (κ2) is 5.35. The third-order valence-corrected chi connectivity index (χ3v) is 2.93. The molecule has 0 aliphatic heterocycles. The normalized spacial score (nSPS) is 13.2. The Morgan fingerprint density at radius 3 is 2.83 bits per heavy atom. The predicted molar refractivity (Wildman–Crippen MR) is 68.9 cm³/mol. The van der Waals surface area contributed by atoms with E-state index in [9.17, 15) is 0 Å². The Morgan fingerprint density at radius 2 is 2.22 bits per heavy atom. The van der Waals surface area contributed by atoms with Crippen LogP contribution in [0.1, 0.15) is 37.0 Å². The predicted octanol–water partition coefficient (Wildman–Crippen LogP) is 2.08. The minimum Gasteiger partial charge on any atom is -0.469 e. The van der Waals surface area contributed by atoms with Crippen molar-refractivity contribution in [3.63, 3.8) is 0 Å². The average Bonchev–Trinajstić information content (AvgIpc) is 2.88. The van der Waals surface area contributed by atoms with E-state index >= 15 is 0 Å². The van der Waals surface area contributed by atoms with E-state index in [1.807, 2.05) is 17.7 Å². The first-order chi connectivity index (χ1) is 8.58. The van der Waals surface area contributed by atoms with Crippen molar-refractivity contribution in [1.29, 1.82) is 0 Å². The molecule has 0 radical (unpaired) electrons. The van der Waals surface area contributed by atoms with Crippen LogP contribution in [0.4, 0.5) is 0 Å². The molecule has 0 fully saturated rings. The number of furan rings is 1. The Labute approximate surface area is 107 Å². The third-order valence-electron chi connectivity index (χ3n) is 2.93. The van der Waals surface area contributed by atoms with Crippen LogP contribution in [0.5, 0.6) is 0 Å². The summed E-state index contributed by atoms with van der Waals surface area (Å²) in [5.74, 6) is 2.34. The fraction of sp³-hybridized carbons (Fsp3) is 0.538. The summed E-state index contributed by atoms with van der Waals surface area (Å²) in [6.45, 7) is 7.11. The average molecular weight is 248 g/mol. The zero-order valence-corrected chi connectivity index (χ0v) is 11.1. The van der Waals surface area contributed by atoms with Gasteiger partial charge in [0.2, 0.25) is 0 Å². The summed E-state index contributed by atoms with van der Waals surface area (Å²) in [6, 6.07) is 1.82. The van der Waals surface area contributed by atoms with Crippen molar-refractivity contribution in [1.82, 2.24) is 14.8 Å². The van der Waals surface area contributed by atoms with Gasteiger partial charge in [0.25, 0.3) is 0 Å². The van der Waals surface area contributed by atoms with Crippen LogP contribution in [0, 0.1) is 12.8 Å². The van der Waals surface area contributed by atoms with Crippen LogP contribution >= 0.6 is 0 Å². The Kier molecular flexibility index (Phi) is 3.81. The molecule has 0 amide bonds. The maximum atomic E-state index is 6.19. The van der Waals surface area contributed by atoms with E-state index in [0.29, 0.717) is 12.3 Å². The smallest absolute Gasteiger partial charge is 0.138 e. The number of hydrogen-bond donors (Lipinski definition) is 1. The Hall–Kier alpha value is -1.62. The molecule has 98 valence electrons. The second-order valence-corrected chi connectivity index (χ2v) is 4.99. The van der Waals surface area contributed by atoms with Gasteiger partial charge in [0.15, 0.2) is 0 Å². The molecule has 0 bridgehead atoms. The molecule has 2 rings (SSSR count). The Bertz CT molecular complexity index is 501. The molecule has 0 spiro atoms. The number of aryl methyl sites for hydroxylation is 1. The van der Waals surface area contributed by atoms with Crippen molar-refractivity contribution in [3.05, 3.63) is 35.8 Å². The number of rotatable bonds is 5. The van der Waals surface area contributed by atoms with Gasteiger partial charge in [-0.15, -0.1) is 0 Å². The van der Waals surface area contributed by atoms with Gasteiger partial charge in [-0.25, -0.2) is 9.67 Å². The van der Waals surface area contributed by atoms with E-state index in [1.165, 1.54) is 0 Å². The number of nitrogens with two attached hydrogens (primary N) is 1. The van der Waals surface area contributed by atoms with Crippen LogP contribution < -0.4 is 5.73 Å². The highest BCUT2D eigenvalue weighted by Crippen LogP contribution is 2.19. The zero-order valence-electron chi connectivity index (χ0n) is 11.1. The molecule has 2 N–H and O–H groups in total. The Balaban J connectivity index is 2.10. The van der Waals surface area contributed by atoms with Gasteiger partial charge in [-0.3, -0.25) is 0 Å². The lowest BCUT2D eigenvalue weighted by Gasteiger charge is -2.12. The van der Waals surface area contributed by atoms with Crippen LogP contribution in [-0.4, -0.2) is 14.8 Å². The van der Waals surface area contributed by atoms with Crippen molar-refractivity contribution in [2.75, 3.05) is 0 Å². The van der Waals surface area contributed by atoms with Gasteiger partial charge in [-0.2, -0.15) is 5.10 Å².